The van der Waals surface area contributed by atoms with Gasteiger partial charge in [-0.3, -0.25) is 14.9 Å². The molecule has 6 nitrogen and oxygen atoms in total. The number of carbonyl (C=O) groups excluding carboxylic acids is 1. The summed E-state index contributed by atoms with van der Waals surface area (Å²) in [6.07, 6.45) is 3.47. The number of benzene rings is 1. The Morgan fingerprint density at radius 1 is 1.45 bits per heavy atom. The third-order valence-corrected chi connectivity index (χ3v) is 3.43. The number of hydrogen-bond acceptors (Lipinski definition) is 5. The number of thioether (sulfide) groups is 1. The van der Waals surface area contributed by atoms with E-state index in [1.165, 1.54) is 17.8 Å². The third-order valence-electron chi connectivity index (χ3n) is 2.71. The van der Waals surface area contributed by atoms with Crippen LogP contribution in [0.15, 0.2) is 23.1 Å². The molecule has 0 saturated heterocycles. The first-order chi connectivity index (χ1) is 9.60. The topological polar surface area (TPSA) is 81.5 Å². The van der Waals surface area contributed by atoms with Gasteiger partial charge in [0.05, 0.1) is 4.92 Å². The van der Waals surface area contributed by atoms with Gasteiger partial charge in [0.15, 0.2) is 0 Å². The Morgan fingerprint density at radius 2 is 2.20 bits per heavy atom. The lowest BCUT2D eigenvalue weighted by Gasteiger charge is -2.07. The Hall–Kier alpha value is -1.60. The molecule has 20 heavy (non-hydrogen) atoms. The summed E-state index contributed by atoms with van der Waals surface area (Å²) in [4.78, 5) is 23.2. The molecule has 0 unspecified atom stereocenters. The Bertz CT molecular complexity index is 479. The van der Waals surface area contributed by atoms with Crippen molar-refractivity contribution in [2.45, 2.75) is 17.7 Å². The van der Waals surface area contributed by atoms with Gasteiger partial charge in [-0.15, -0.1) is 11.8 Å². The quantitative estimate of drug-likeness (QED) is 0.345. The second kappa shape index (κ2) is 8.55. The van der Waals surface area contributed by atoms with E-state index >= 15 is 0 Å². The van der Waals surface area contributed by atoms with Crippen LogP contribution in [0.5, 0.6) is 0 Å². The molecular formula is C13H18N2O4S. The first-order valence-corrected chi connectivity index (χ1v) is 7.42. The predicted molar refractivity (Wildman–Crippen MR) is 78.3 cm³/mol. The van der Waals surface area contributed by atoms with E-state index in [0.717, 1.165) is 17.7 Å². The van der Waals surface area contributed by atoms with E-state index in [1.54, 1.807) is 19.2 Å². The average molecular weight is 298 g/mol. The fourth-order valence-corrected chi connectivity index (χ4v) is 2.09. The molecule has 0 bridgehead atoms. The smallest absolute Gasteiger partial charge is 0.282 e. The number of nitrogens with zero attached hydrogens (tertiary/aromatic N) is 1. The molecule has 1 N–H and O–H groups in total. The third kappa shape index (κ3) is 4.82. The zero-order valence-electron chi connectivity index (χ0n) is 11.5. The predicted octanol–water partition coefficient (Wildman–Crippen LogP) is 2.47. The molecule has 0 atom stereocenters. The first kappa shape index (κ1) is 16.5. The molecule has 110 valence electrons. The molecule has 0 fully saturated rings. The molecule has 0 aliphatic heterocycles. The maximum Gasteiger partial charge on any atom is 0.282 e. The Morgan fingerprint density at radius 3 is 2.80 bits per heavy atom. The lowest BCUT2D eigenvalue weighted by molar-refractivity contribution is -0.385. The summed E-state index contributed by atoms with van der Waals surface area (Å²) < 4.78 is 4.91. The van der Waals surface area contributed by atoms with E-state index in [1.807, 2.05) is 6.26 Å². The van der Waals surface area contributed by atoms with Crippen molar-refractivity contribution in [3.63, 3.8) is 0 Å². The van der Waals surface area contributed by atoms with E-state index in [9.17, 15) is 14.9 Å². The van der Waals surface area contributed by atoms with Gasteiger partial charge in [-0.05, 0) is 31.2 Å². The zero-order chi connectivity index (χ0) is 15.0. The summed E-state index contributed by atoms with van der Waals surface area (Å²) in [5.74, 6) is -0.412. The van der Waals surface area contributed by atoms with E-state index in [0.29, 0.717) is 13.2 Å². The molecule has 1 aromatic rings. The van der Waals surface area contributed by atoms with Crippen LogP contribution in [-0.4, -0.2) is 37.3 Å². The van der Waals surface area contributed by atoms with Crippen molar-refractivity contribution >= 4 is 23.4 Å². The van der Waals surface area contributed by atoms with E-state index in [2.05, 4.69) is 5.32 Å². The molecule has 0 aromatic heterocycles. The minimum Gasteiger partial charge on any atom is -0.385 e. The fourth-order valence-electron chi connectivity index (χ4n) is 1.65. The van der Waals surface area contributed by atoms with Crippen molar-refractivity contribution in [3.05, 3.63) is 33.9 Å². The summed E-state index contributed by atoms with van der Waals surface area (Å²) in [6.45, 7) is 1.11. The van der Waals surface area contributed by atoms with Crippen LogP contribution >= 0.6 is 11.8 Å². The van der Waals surface area contributed by atoms with E-state index in [4.69, 9.17) is 4.74 Å². The van der Waals surface area contributed by atoms with Crippen molar-refractivity contribution in [1.29, 1.82) is 0 Å². The van der Waals surface area contributed by atoms with Crippen LogP contribution in [0, 0.1) is 10.1 Å². The molecule has 0 aliphatic rings. The van der Waals surface area contributed by atoms with Crippen LogP contribution in [0.2, 0.25) is 0 Å². The van der Waals surface area contributed by atoms with Gasteiger partial charge in [-0.2, -0.15) is 0 Å². The Balaban J connectivity index is 2.72. The van der Waals surface area contributed by atoms with Crippen LogP contribution in [0.25, 0.3) is 0 Å². The van der Waals surface area contributed by atoms with Crippen LogP contribution in [0.3, 0.4) is 0 Å². The summed E-state index contributed by atoms with van der Waals surface area (Å²) in [6, 6.07) is 4.55. The van der Waals surface area contributed by atoms with Gasteiger partial charge in [0.1, 0.15) is 5.56 Å². The highest BCUT2D eigenvalue weighted by Crippen LogP contribution is 2.24. The van der Waals surface area contributed by atoms with Crippen LogP contribution < -0.4 is 5.32 Å². The molecule has 7 heteroatoms. The second-order valence-corrected chi connectivity index (χ2v) is 4.98. The second-order valence-electron chi connectivity index (χ2n) is 4.10. The number of nitro benzene ring substituents is 1. The summed E-state index contributed by atoms with van der Waals surface area (Å²) in [5.41, 5.74) is -0.0641. The van der Waals surface area contributed by atoms with Crippen LogP contribution in [0.1, 0.15) is 23.2 Å². The molecule has 0 heterocycles. The minimum absolute atomic E-state index is 0.105. The van der Waals surface area contributed by atoms with Crippen LogP contribution in [-0.2, 0) is 4.74 Å². The fraction of sp³-hybridized carbons (Fsp3) is 0.462. The number of carbonyl (C=O) groups is 1. The number of hydrogen-bond donors (Lipinski definition) is 1. The van der Waals surface area contributed by atoms with Gasteiger partial charge in [0.2, 0.25) is 0 Å². The van der Waals surface area contributed by atoms with Gasteiger partial charge in [0, 0.05) is 31.2 Å². The molecule has 1 rings (SSSR count). The number of amides is 1. The molecule has 0 aliphatic carbocycles. The number of unbranched alkanes of at least 4 members (excludes halogenated alkanes) is 1. The number of methoxy groups -OCH3 is 1. The van der Waals surface area contributed by atoms with Gasteiger partial charge >= 0.3 is 0 Å². The largest absolute Gasteiger partial charge is 0.385 e. The lowest BCUT2D eigenvalue weighted by Crippen LogP contribution is -2.25. The number of ether oxygens (including phenoxy) is 1. The van der Waals surface area contributed by atoms with Crippen molar-refractivity contribution < 1.29 is 14.5 Å². The normalized spacial score (nSPS) is 10.3. The van der Waals surface area contributed by atoms with E-state index < -0.39 is 10.8 Å². The first-order valence-electron chi connectivity index (χ1n) is 6.19. The van der Waals surface area contributed by atoms with Gasteiger partial charge < -0.3 is 10.1 Å². The standard InChI is InChI=1S/C13H18N2O4S/c1-19-8-4-3-7-14-13(16)11-9-10(20-2)5-6-12(11)15(17)18/h5-6,9H,3-4,7-8H2,1-2H3,(H,14,16). The minimum atomic E-state index is -0.538. The van der Waals surface area contributed by atoms with Crippen molar-refractivity contribution in [1.82, 2.24) is 5.32 Å². The number of nitrogens with one attached hydrogen (secondary N) is 1. The van der Waals surface area contributed by atoms with Crippen molar-refractivity contribution in [2.24, 2.45) is 0 Å². The van der Waals surface area contributed by atoms with Crippen molar-refractivity contribution in [2.75, 3.05) is 26.5 Å². The van der Waals surface area contributed by atoms with Gasteiger partial charge in [-0.1, -0.05) is 0 Å². The Kier molecular flexibility index (Phi) is 7.03. The molecule has 1 aromatic carbocycles. The maximum absolute atomic E-state index is 12.0. The molecule has 0 spiro atoms. The zero-order valence-corrected chi connectivity index (χ0v) is 12.4. The molecular weight excluding hydrogens is 280 g/mol. The molecule has 0 saturated carbocycles. The van der Waals surface area contributed by atoms with Gasteiger partial charge in [0.25, 0.3) is 11.6 Å². The summed E-state index contributed by atoms with van der Waals surface area (Å²) in [5, 5.41) is 13.6. The summed E-state index contributed by atoms with van der Waals surface area (Å²) >= 11 is 1.44. The lowest BCUT2D eigenvalue weighted by atomic mass is 10.1. The van der Waals surface area contributed by atoms with Crippen LogP contribution in [0.4, 0.5) is 5.69 Å². The van der Waals surface area contributed by atoms with Crippen molar-refractivity contribution in [3.8, 4) is 0 Å². The van der Waals surface area contributed by atoms with E-state index in [-0.39, 0.29) is 11.3 Å². The Labute approximate surface area is 122 Å². The molecule has 1 amide bonds. The summed E-state index contributed by atoms with van der Waals surface area (Å²) in [7, 11) is 1.62. The number of rotatable bonds is 8. The van der Waals surface area contributed by atoms with Gasteiger partial charge in [-0.25, -0.2) is 0 Å². The number of nitro groups is 1. The maximum atomic E-state index is 12.0. The molecule has 0 radical (unpaired) electrons. The highest BCUT2D eigenvalue weighted by atomic mass is 32.2. The average Bonchev–Trinajstić information content (AvgIpc) is 2.46. The monoisotopic (exact) mass is 298 g/mol. The SMILES string of the molecule is COCCCCNC(=O)c1cc(SC)ccc1[N+](=O)[O-]. The highest BCUT2D eigenvalue weighted by molar-refractivity contribution is 7.98. The highest BCUT2D eigenvalue weighted by Gasteiger charge is 2.20.